The number of nitrogens with zero attached hydrogens (tertiary/aromatic N) is 1. The Bertz CT molecular complexity index is 585. The first-order valence-electron chi connectivity index (χ1n) is 7.63. The average Bonchev–Trinajstić information content (AvgIpc) is 2.54. The van der Waals surface area contributed by atoms with Crippen molar-refractivity contribution in [3.8, 4) is 5.75 Å². The maximum Gasteiger partial charge on any atom is 0.119 e. The highest BCUT2D eigenvalue weighted by Crippen LogP contribution is 2.21. The molecule has 115 valence electrons. The van der Waals surface area contributed by atoms with Crippen LogP contribution in [0.1, 0.15) is 18.1 Å². The number of rotatable bonds is 7. The van der Waals surface area contributed by atoms with Gasteiger partial charge < -0.3 is 9.64 Å². The van der Waals surface area contributed by atoms with Gasteiger partial charge in [-0.15, -0.1) is 0 Å². The quantitative estimate of drug-likeness (QED) is 0.702. The largest absolute Gasteiger partial charge is 0.492 e. The first kappa shape index (κ1) is 16.3. The molecule has 0 saturated carbocycles. The molecule has 2 aromatic rings. The minimum Gasteiger partial charge on any atom is -0.492 e. The molecule has 0 spiro atoms. The smallest absolute Gasteiger partial charge is 0.119 e. The lowest BCUT2D eigenvalue weighted by Crippen LogP contribution is -2.19. The number of likely N-dealkylation sites (N-methyl/N-ethyl adjacent to an activating group) is 1. The summed E-state index contributed by atoms with van der Waals surface area (Å²) in [4.78, 5) is 2.11. The molecular weight excluding hydrogens is 270 g/mol. The summed E-state index contributed by atoms with van der Waals surface area (Å²) in [5.74, 6) is 0.917. The third kappa shape index (κ3) is 5.05. The fraction of sp³-hybridized carbons (Fsp3) is 0.250. The third-order valence-corrected chi connectivity index (χ3v) is 3.43. The van der Waals surface area contributed by atoms with Gasteiger partial charge in [0, 0.05) is 6.54 Å². The molecule has 1 radical (unpaired) electrons. The normalized spacial score (nSPS) is 11.7. The lowest BCUT2D eigenvalue weighted by molar-refractivity contribution is 0.261. The van der Waals surface area contributed by atoms with Gasteiger partial charge in [0.1, 0.15) is 12.4 Å². The van der Waals surface area contributed by atoms with Crippen LogP contribution in [0.3, 0.4) is 0 Å². The van der Waals surface area contributed by atoms with Crippen LogP contribution in [0.5, 0.6) is 5.75 Å². The Balaban J connectivity index is 2.04. The summed E-state index contributed by atoms with van der Waals surface area (Å²) in [6.45, 7) is 3.70. The van der Waals surface area contributed by atoms with Crippen LogP contribution in [0.4, 0.5) is 0 Å². The van der Waals surface area contributed by atoms with E-state index >= 15 is 0 Å². The zero-order valence-corrected chi connectivity index (χ0v) is 13.6. The summed E-state index contributed by atoms with van der Waals surface area (Å²) in [7, 11) is 4.09. The van der Waals surface area contributed by atoms with Gasteiger partial charge in [0.05, 0.1) is 0 Å². The van der Waals surface area contributed by atoms with Crippen molar-refractivity contribution in [2.24, 2.45) is 0 Å². The summed E-state index contributed by atoms with van der Waals surface area (Å²) in [5, 5.41) is 0. The van der Waals surface area contributed by atoms with Crippen molar-refractivity contribution in [3.63, 3.8) is 0 Å². The number of allylic oxidation sites excluding steroid dienone is 1. The van der Waals surface area contributed by atoms with Crippen molar-refractivity contribution in [1.82, 2.24) is 4.90 Å². The van der Waals surface area contributed by atoms with Crippen LogP contribution in [0.15, 0.2) is 54.6 Å². The van der Waals surface area contributed by atoms with Gasteiger partial charge in [0.2, 0.25) is 0 Å². The fourth-order valence-electron chi connectivity index (χ4n) is 2.15. The lowest BCUT2D eigenvalue weighted by atomic mass is 10.0. The van der Waals surface area contributed by atoms with Crippen molar-refractivity contribution in [3.05, 3.63) is 72.1 Å². The average molecular weight is 294 g/mol. The molecule has 0 aliphatic heterocycles. The molecule has 0 saturated heterocycles. The second kappa shape index (κ2) is 8.40. The van der Waals surface area contributed by atoms with Crippen molar-refractivity contribution >= 4 is 11.6 Å². The molecule has 0 aliphatic carbocycles. The first-order valence-corrected chi connectivity index (χ1v) is 7.63. The monoisotopic (exact) mass is 294 g/mol. The van der Waals surface area contributed by atoms with E-state index in [4.69, 9.17) is 4.74 Å². The number of hydrogen-bond acceptors (Lipinski definition) is 2. The molecule has 0 fully saturated rings. The summed E-state index contributed by atoms with van der Waals surface area (Å²) in [6, 6.07) is 18.7. The van der Waals surface area contributed by atoms with E-state index < -0.39 is 0 Å². The molecule has 0 aromatic heterocycles. The van der Waals surface area contributed by atoms with Crippen LogP contribution < -0.4 is 4.74 Å². The zero-order chi connectivity index (χ0) is 15.8. The van der Waals surface area contributed by atoms with E-state index in [-0.39, 0.29) is 0 Å². The van der Waals surface area contributed by atoms with Crippen LogP contribution in [0.2, 0.25) is 0 Å². The molecule has 0 bridgehead atoms. The Morgan fingerprint density at radius 1 is 1.00 bits per heavy atom. The summed E-state index contributed by atoms with van der Waals surface area (Å²) in [6.07, 6.45) is 4.33. The molecule has 2 nitrogen and oxygen atoms in total. The minimum atomic E-state index is 0.709. The second-order valence-corrected chi connectivity index (χ2v) is 5.48. The summed E-state index contributed by atoms with van der Waals surface area (Å²) in [5.41, 5.74) is 3.63. The summed E-state index contributed by atoms with van der Waals surface area (Å²) >= 11 is 0. The van der Waals surface area contributed by atoms with E-state index in [0.29, 0.717) is 6.61 Å². The Labute approximate surface area is 134 Å². The maximum atomic E-state index is 5.72. The number of benzene rings is 2. The van der Waals surface area contributed by atoms with Crippen molar-refractivity contribution in [2.75, 3.05) is 27.2 Å². The molecule has 2 heteroatoms. The van der Waals surface area contributed by atoms with Crippen molar-refractivity contribution in [1.29, 1.82) is 0 Å². The highest BCUT2D eigenvalue weighted by atomic mass is 16.5. The third-order valence-electron chi connectivity index (χ3n) is 3.43. The molecule has 0 amide bonds. The standard InChI is InChI=1S/C20H24NO/c1-4-18(19-8-6-5-7-9-19)16-17-10-12-20(13-11-17)22-15-14-21(2)3/h4-13,16H,14-15H2,1-3H3/b18-16-. The molecule has 22 heavy (non-hydrogen) atoms. The van der Waals surface area contributed by atoms with Crippen LogP contribution >= 0.6 is 0 Å². The van der Waals surface area contributed by atoms with Gasteiger partial charge in [-0.2, -0.15) is 0 Å². The minimum absolute atomic E-state index is 0.709. The van der Waals surface area contributed by atoms with Gasteiger partial charge >= 0.3 is 0 Å². The Morgan fingerprint density at radius 3 is 2.27 bits per heavy atom. The van der Waals surface area contributed by atoms with E-state index in [0.717, 1.165) is 12.3 Å². The zero-order valence-electron chi connectivity index (χ0n) is 13.6. The maximum absolute atomic E-state index is 5.72. The first-order chi connectivity index (χ1) is 10.7. The van der Waals surface area contributed by atoms with Crippen molar-refractivity contribution in [2.45, 2.75) is 6.92 Å². The molecule has 0 aliphatic rings. The van der Waals surface area contributed by atoms with E-state index in [1.807, 2.05) is 32.3 Å². The van der Waals surface area contributed by atoms with Gasteiger partial charge in [-0.05, 0) is 49.3 Å². The topological polar surface area (TPSA) is 12.5 Å². The molecule has 0 N–H and O–H groups in total. The Kier molecular flexibility index (Phi) is 6.23. The van der Waals surface area contributed by atoms with Crippen LogP contribution in [0, 0.1) is 6.42 Å². The predicted octanol–water partition coefficient (Wildman–Crippen LogP) is 4.39. The predicted molar refractivity (Wildman–Crippen MR) is 94.8 cm³/mol. The highest BCUT2D eigenvalue weighted by Gasteiger charge is 2.00. The van der Waals surface area contributed by atoms with Crippen LogP contribution in [-0.4, -0.2) is 32.1 Å². The van der Waals surface area contributed by atoms with Gasteiger partial charge in [-0.25, -0.2) is 0 Å². The van der Waals surface area contributed by atoms with E-state index in [1.165, 1.54) is 16.7 Å². The molecule has 2 aromatic carbocycles. The highest BCUT2D eigenvalue weighted by molar-refractivity contribution is 5.85. The number of hydrogen-bond donors (Lipinski definition) is 0. The molecule has 0 atom stereocenters. The van der Waals surface area contributed by atoms with Gasteiger partial charge in [-0.1, -0.05) is 55.5 Å². The van der Waals surface area contributed by atoms with Gasteiger partial charge in [0.15, 0.2) is 0 Å². The SMILES string of the molecule is C[CH]/C(=C/c1ccc(OCCN(C)C)cc1)c1ccccc1. The second-order valence-electron chi connectivity index (χ2n) is 5.48. The van der Waals surface area contributed by atoms with Gasteiger partial charge in [-0.3, -0.25) is 0 Å². The van der Waals surface area contributed by atoms with Crippen LogP contribution in [-0.2, 0) is 0 Å². The van der Waals surface area contributed by atoms with Gasteiger partial charge in [0.25, 0.3) is 0 Å². The molecule has 0 unspecified atom stereocenters. The summed E-state index contributed by atoms with van der Waals surface area (Å²) < 4.78 is 5.72. The fourth-order valence-corrected chi connectivity index (χ4v) is 2.15. The number of ether oxygens (including phenoxy) is 1. The van der Waals surface area contributed by atoms with Crippen molar-refractivity contribution < 1.29 is 4.74 Å². The molecule has 2 rings (SSSR count). The Hall–Kier alpha value is -2.06. The van der Waals surface area contributed by atoms with E-state index in [1.54, 1.807) is 0 Å². The van der Waals surface area contributed by atoms with E-state index in [2.05, 4.69) is 60.7 Å². The Morgan fingerprint density at radius 2 is 1.68 bits per heavy atom. The molecule has 0 heterocycles. The van der Waals surface area contributed by atoms with E-state index in [9.17, 15) is 0 Å². The lowest BCUT2D eigenvalue weighted by Gasteiger charge is -2.11. The van der Waals surface area contributed by atoms with Crippen LogP contribution in [0.25, 0.3) is 11.6 Å². The molecular formula is C20H24NO.